The van der Waals surface area contributed by atoms with Crippen LogP contribution in [0.15, 0.2) is 24.4 Å². The van der Waals surface area contributed by atoms with E-state index >= 15 is 0 Å². The third-order valence-electron chi connectivity index (χ3n) is 3.34. The van der Waals surface area contributed by atoms with Crippen LogP contribution in [0.25, 0.3) is 0 Å². The monoisotopic (exact) mass is 304 g/mol. The second-order valence-electron chi connectivity index (χ2n) is 4.96. The highest BCUT2D eigenvalue weighted by Crippen LogP contribution is 2.26. The summed E-state index contributed by atoms with van der Waals surface area (Å²) >= 11 is 1.52. The SMILES string of the molecule is Fc1cc(F)cc(C#Cc2ncc(N3CCCCC3)s2)c1. The van der Waals surface area contributed by atoms with Crippen LogP contribution in [0.5, 0.6) is 0 Å². The van der Waals surface area contributed by atoms with Gasteiger partial charge < -0.3 is 4.90 Å². The Morgan fingerprint density at radius 1 is 1.00 bits per heavy atom. The molecule has 0 aliphatic carbocycles. The smallest absolute Gasteiger partial charge is 0.169 e. The normalized spacial score (nSPS) is 14.7. The lowest BCUT2D eigenvalue weighted by molar-refractivity contribution is 0.580. The summed E-state index contributed by atoms with van der Waals surface area (Å²) in [5, 5.41) is 1.78. The molecule has 0 atom stereocenters. The van der Waals surface area contributed by atoms with Crippen molar-refractivity contribution in [2.75, 3.05) is 18.0 Å². The van der Waals surface area contributed by atoms with E-state index in [2.05, 4.69) is 21.7 Å². The molecule has 5 heteroatoms. The first-order valence-corrected chi connectivity index (χ1v) is 7.71. The predicted octanol–water partition coefficient (Wildman–Crippen LogP) is 3.81. The Bertz CT molecular complexity index is 674. The summed E-state index contributed by atoms with van der Waals surface area (Å²) in [5.41, 5.74) is 0.322. The number of halogens is 2. The number of aromatic nitrogens is 1. The van der Waals surface area contributed by atoms with Crippen LogP contribution in [0.2, 0.25) is 0 Å². The lowest BCUT2D eigenvalue weighted by Gasteiger charge is -2.26. The molecule has 2 aromatic rings. The number of benzene rings is 1. The molecule has 1 fully saturated rings. The molecule has 1 aromatic heterocycles. The zero-order valence-corrected chi connectivity index (χ0v) is 12.2. The molecule has 2 heterocycles. The Labute approximate surface area is 126 Å². The molecule has 21 heavy (non-hydrogen) atoms. The van der Waals surface area contributed by atoms with Crippen molar-refractivity contribution < 1.29 is 8.78 Å². The molecule has 1 aliphatic rings. The van der Waals surface area contributed by atoms with Crippen molar-refractivity contribution in [3.63, 3.8) is 0 Å². The summed E-state index contributed by atoms with van der Waals surface area (Å²) in [5.74, 6) is 4.39. The van der Waals surface area contributed by atoms with E-state index < -0.39 is 11.6 Å². The molecule has 108 valence electrons. The standard InChI is InChI=1S/C16H14F2N2S/c17-13-8-12(9-14(18)10-13)4-5-15-19-11-16(21-15)20-6-2-1-3-7-20/h8-11H,1-3,6-7H2. The number of hydrogen-bond donors (Lipinski definition) is 0. The molecule has 0 radical (unpaired) electrons. The van der Waals surface area contributed by atoms with E-state index in [-0.39, 0.29) is 0 Å². The Hall–Kier alpha value is -1.93. The van der Waals surface area contributed by atoms with E-state index in [0.29, 0.717) is 10.6 Å². The molecule has 3 rings (SSSR count). The zero-order valence-electron chi connectivity index (χ0n) is 11.4. The number of rotatable bonds is 1. The largest absolute Gasteiger partial charge is 0.362 e. The molecule has 0 amide bonds. The highest BCUT2D eigenvalue weighted by molar-refractivity contribution is 7.16. The molecule has 0 spiro atoms. The average molecular weight is 304 g/mol. The fourth-order valence-corrected chi connectivity index (χ4v) is 3.16. The summed E-state index contributed by atoms with van der Waals surface area (Å²) in [7, 11) is 0. The minimum atomic E-state index is -0.618. The maximum absolute atomic E-state index is 13.1. The van der Waals surface area contributed by atoms with Crippen molar-refractivity contribution in [3.8, 4) is 11.8 Å². The first-order valence-electron chi connectivity index (χ1n) is 6.89. The van der Waals surface area contributed by atoms with Crippen molar-refractivity contribution in [1.82, 2.24) is 4.98 Å². The van der Waals surface area contributed by atoms with Gasteiger partial charge in [-0.1, -0.05) is 17.3 Å². The minimum Gasteiger partial charge on any atom is -0.362 e. The maximum atomic E-state index is 13.1. The predicted molar refractivity (Wildman–Crippen MR) is 80.5 cm³/mol. The molecule has 0 unspecified atom stereocenters. The van der Waals surface area contributed by atoms with Crippen molar-refractivity contribution in [3.05, 3.63) is 46.6 Å². The van der Waals surface area contributed by atoms with E-state index in [1.165, 1.54) is 42.7 Å². The third kappa shape index (κ3) is 3.59. The first kappa shape index (κ1) is 14.0. The van der Waals surface area contributed by atoms with Gasteiger partial charge in [0.25, 0.3) is 0 Å². The molecule has 1 aliphatic heterocycles. The topological polar surface area (TPSA) is 16.1 Å². The minimum absolute atomic E-state index is 0.322. The van der Waals surface area contributed by atoms with Crippen LogP contribution < -0.4 is 4.90 Å². The molecule has 0 N–H and O–H groups in total. The number of anilines is 1. The highest BCUT2D eigenvalue weighted by atomic mass is 32.1. The Morgan fingerprint density at radius 2 is 1.71 bits per heavy atom. The molecule has 2 nitrogen and oxygen atoms in total. The summed E-state index contributed by atoms with van der Waals surface area (Å²) in [6, 6.07) is 3.27. The van der Waals surface area contributed by atoms with Crippen molar-refractivity contribution in [2.45, 2.75) is 19.3 Å². The summed E-state index contributed by atoms with van der Waals surface area (Å²) in [6.07, 6.45) is 5.53. The second-order valence-corrected chi connectivity index (χ2v) is 5.97. The van der Waals surface area contributed by atoms with Gasteiger partial charge in [-0.3, -0.25) is 0 Å². The highest BCUT2D eigenvalue weighted by Gasteiger charge is 2.13. The van der Waals surface area contributed by atoms with E-state index in [9.17, 15) is 8.78 Å². The Morgan fingerprint density at radius 3 is 2.43 bits per heavy atom. The lowest BCUT2D eigenvalue weighted by atomic mass is 10.1. The van der Waals surface area contributed by atoms with Gasteiger partial charge in [0.05, 0.1) is 6.20 Å². The Balaban J connectivity index is 1.76. The van der Waals surface area contributed by atoms with Gasteiger partial charge >= 0.3 is 0 Å². The number of piperidine rings is 1. The van der Waals surface area contributed by atoms with Crippen LogP contribution in [0.3, 0.4) is 0 Å². The van der Waals surface area contributed by atoms with Crippen LogP contribution in [-0.2, 0) is 0 Å². The second kappa shape index (κ2) is 6.23. The Kier molecular flexibility index (Phi) is 4.16. The van der Waals surface area contributed by atoms with Gasteiger partial charge in [-0.05, 0) is 37.3 Å². The van der Waals surface area contributed by atoms with Crippen LogP contribution in [0, 0.1) is 23.5 Å². The molecular formula is C16H14F2N2S. The van der Waals surface area contributed by atoms with Gasteiger partial charge in [-0.2, -0.15) is 0 Å². The van der Waals surface area contributed by atoms with Gasteiger partial charge in [0.2, 0.25) is 0 Å². The molecule has 1 saturated heterocycles. The molecule has 1 aromatic carbocycles. The number of hydrogen-bond acceptors (Lipinski definition) is 3. The van der Waals surface area contributed by atoms with Gasteiger partial charge in [-0.15, -0.1) is 0 Å². The van der Waals surface area contributed by atoms with Gasteiger partial charge in [0.15, 0.2) is 5.01 Å². The molecule has 0 bridgehead atoms. The maximum Gasteiger partial charge on any atom is 0.169 e. The lowest BCUT2D eigenvalue weighted by Crippen LogP contribution is -2.28. The van der Waals surface area contributed by atoms with Crippen LogP contribution in [0.4, 0.5) is 13.8 Å². The van der Waals surface area contributed by atoms with Crippen molar-refractivity contribution in [1.29, 1.82) is 0 Å². The van der Waals surface area contributed by atoms with E-state index in [1.54, 1.807) is 0 Å². The van der Waals surface area contributed by atoms with Crippen LogP contribution >= 0.6 is 11.3 Å². The summed E-state index contributed by atoms with van der Waals surface area (Å²) in [4.78, 5) is 6.58. The third-order valence-corrected chi connectivity index (χ3v) is 4.31. The van der Waals surface area contributed by atoms with Crippen LogP contribution in [-0.4, -0.2) is 18.1 Å². The summed E-state index contributed by atoms with van der Waals surface area (Å²) < 4.78 is 26.1. The van der Waals surface area contributed by atoms with Gasteiger partial charge in [0, 0.05) is 24.7 Å². The fourth-order valence-electron chi connectivity index (χ4n) is 2.34. The van der Waals surface area contributed by atoms with E-state index in [4.69, 9.17) is 0 Å². The number of nitrogens with zero attached hydrogens (tertiary/aromatic N) is 2. The fraction of sp³-hybridized carbons (Fsp3) is 0.312. The van der Waals surface area contributed by atoms with Crippen molar-refractivity contribution >= 4 is 16.3 Å². The van der Waals surface area contributed by atoms with Crippen molar-refractivity contribution in [2.24, 2.45) is 0 Å². The van der Waals surface area contributed by atoms with E-state index in [0.717, 1.165) is 24.2 Å². The molecule has 0 saturated carbocycles. The first-order chi connectivity index (χ1) is 10.2. The molecular weight excluding hydrogens is 290 g/mol. The van der Waals surface area contributed by atoms with Crippen LogP contribution in [0.1, 0.15) is 29.8 Å². The quantitative estimate of drug-likeness (QED) is 0.745. The van der Waals surface area contributed by atoms with E-state index in [1.807, 2.05) is 6.20 Å². The zero-order chi connectivity index (χ0) is 14.7. The van der Waals surface area contributed by atoms with Gasteiger partial charge in [0.1, 0.15) is 16.6 Å². The van der Waals surface area contributed by atoms with Gasteiger partial charge in [-0.25, -0.2) is 13.8 Å². The number of thiazole rings is 1. The summed E-state index contributed by atoms with van der Waals surface area (Å²) in [6.45, 7) is 2.12. The average Bonchev–Trinajstić information content (AvgIpc) is 2.94.